The first kappa shape index (κ1) is 32.9. The number of nitrogens with zero attached hydrogens (tertiary/aromatic N) is 2. The average molecular weight is 639 g/mol. The van der Waals surface area contributed by atoms with E-state index in [-0.39, 0.29) is 33.6 Å². The van der Waals surface area contributed by atoms with E-state index in [0.717, 1.165) is 17.2 Å². The fraction of sp³-hybridized carbons (Fsp3) is 0.433. The lowest BCUT2D eigenvalue weighted by atomic mass is 9.88. The van der Waals surface area contributed by atoms with Crippen molar-refractivity contribution in [3.8, 4) is 17.6 Å². The summed E-state index contributed by atoms with van der Waals surface area (Å²) in [4.78, 5) is 14.3. The summed E-state index contributed by atoms with van der Waals surface area (Å²) in [5.41, 5.74) is 0.974. The number of carbonyl (C=O) groups excluding carboxylic acids is 1. The van der Waals surface area contributed by atoms with Crippen LogP contribution >= 0.6 is 0 Å². The molecule has 1 aromatic heterocycles. The van der Waals surface area contributed by atoms with Gasteiger partial charge in [-0.25, -0.2) is 17.6 Å². The molecule has 1 saturated carbocycles. The number of alkyl halides is 4. The predicted octanol–water partition coefficient (Wildman–Crippen LogP) is 5.45. The van der Waals surface area contributed by atoms with Gasteiger partial charge in [0.2, 0.25) is 0 Å². The van der Waals surface area contributed by atoms with Crippen molar-refractivity contribution in [1.82, 2.24) is 9.47 Å². The maximum Gasteiger partial charge on any atom is 0.412 e. The molecule has 9 nitrogen and oxygen atoms in total. The Morgan fingerprint density at radius 2 is 1.89 bits per heavy atom. The zero-order valence-corrected chi connectivity index (χ0v) is 25.5. The van der Waals surface area contributed by atoms with E-state index in [2.05, 4.69) is 22.5 Å². The molecule has 0 aliphatic heterocycles. The third kappa shape index (κ3) is 8.15. The highest BCUT2D eigenvalue weighted by Crippen LogP contribution is 2.33. The van der Waals surface area contributed by atoms with Crippen LogP contribution in [0.3, 0.4) is 0 Å². The molecule has 44 heavy (non-hydrogen) atoms. The van der Waals surface area contributed by atoms with E-state index < -0.39 is 47.5 Å². The number of rotatable bonds is 8. The highest BCUT2D eigenvalue weighted by molar-refractivity contribution is 7.90. The predicted molar refractivity (Wildman–Crippen MR) is 160 cm³/mol. The minimum absolute atomic E-state index is 0.00652. The van der Waals surface area contributed by atoms with Crippen LogP contribution in [0, 0.1) is 11.8 Å². The molecule has 2 N–H and O–H groups in total. The van der Waals surface area contributed by atoms with Crippen molar-refractivity contribution in [2.45, 2.75) is 55.1 Å². The van der Waals surface area contributed by atoms with E-state index in [1.54, 1.807) is 18.2 Å². The minimum atomic E-state index is -4.54. The van der Waals surface area contributed by atoms with Crippen LogP contribution in [0.4, 0.5) is 33.7 Å². The molecule has 0 bridgehead atoms. The highest BCUT2D eigenvalue weighted by Gasteiger charge is 2.33. The number of hydrogen-bond acceptors (Lipinski definition) is 7. The number of carbonyl (C=O) groups is 1. The number of aromatic nitrogens is 1. The molecule has 1 aliphatic rings. The summed E-state index contributed by atoms with van der Waals surface area (Å²) in [7, 11) is 1.62. The molecule has 3 unspecified atom stereocenters. The highest BCUT2D eigenvalue weighted by atomic mass is 32.2. The van der Waals surface area contributed by atoms with E-state index >= 15 is 4.39 Å². The lowest BCUT2D eigenvalue weighted by Gasteiger charge is -2.36. The van der Waals surface area contributed by atoms with Crippen LogP contribution in [-0.2, 0) is 21.1 Å². The maximum absolute atomic E-state index is 15.0. The molecular weight excluding hydrogens is 604 g/mol. The van der Waals surface area contributed by atoms with E-state index in [1.165, 1.54) is 31.4 Å². The Hall–Kier alpha value is -3.96. The number of hydrogen-bond donors (Lipinski definition) is 2. The van der Waals surface area contributed by atoms with Gasteiger partial charge < -0.3 is 24.3 Å². The smallest absolute Gasteiger partial charge is 0.412 e. The fourth-order valence-corrected chi connectivity index (χ4v) is 5.81. The molecule has 238 valence electrons. The second-order valence-electron chi connectivity index (χ2n) is 10.8. The first-order valence-corrected chi connectivity index (χ1v) is 15.6. The third-order valence-corrected chi connectivity index (χ3v) is 8.54. The van der Waals surface area contributed by atoms with Gasteiger partial charge in [-0.3, -0.25) is 5.32 Å². The Kier molecular flexibility index (Phi) is 10.00. The Morgan fingerprint density at radius 3 is 2.52 bits per heavy atom. The number of anilines is 2. The van der Waals surface area contributed by atoms with Crippen molar-refractivity contribution in [3.63, 3.8) is 0 Å². The van der Waals surface area contributed by atoms with E-state index in [4.69, 9.17) is 9.47 Å². The summed E-state index contributed by atoms with van der Waals surface area (Å²) in [5, 5.41) is 6.09. The molecule has 1 aliphatic carbocycles. The lowest BCUT2D eigenvalue weighted by molar-refractivity contribution is -0.140. The summed E-state index contributed by atoms with van der Waals surface area (Å²) in [6, 6.07) is 9.87. The quantitative estimate of drug-likeness (QED) is 0.250. The topological polar surface area (TPSA) is 102 Å². The summed E-state index contributed by atoms with van der Waals surface area (Å²) in [6.07, 6.45) is -3.84. The standard InChI is InChI=1S/C30H34F4N4O5S/c1-37(2)19-10-12-25(23(31)16-19)35-24-8-5-9-27-22(24)15-20(38(27)18-30(32,33)34)7-6-14-43-29(39)36-26-13-11-21(44(4,40)41)17-28(26)42-3/h5,8-9,11,13,15,17,19,23,25,35H,10,12,14,16,18H2,1-4H3,(H,36,39). The van der Waals surface area contributed by atoms with Gasteiger partial charge in [-0.15, -0.1) is 0 Å². The van der Waals surface area contributed by atoms with E-state index in [1.807, 2.05) is 19.0 Å². The largest absolute Gasteiger partial charge is 0.495 e. The van der Waals surface area contributed by atoms with Gasteiger partial charge in [-0.2, -0.15) is 13.2 Å². The Labute approximate surface area is 253 Å². The van der Waals surface area contributed by atoms with Crippen molar-refractivity contribution >= 4 is 38.2 Å². The van der Waals surface area contributed by atoms with Gasteiger partial charge in [-0.1, -0.05) is 12.0 Å². The van der Waals surface area contributed by atoms with Crippen molar-refractivity contribution in [2.75, 3.05) is 44.7 Å². The molecule has 0 spiro atoms. The van der Waals surface area contributed by atoms with Crippen LogP contribution in [0.2, 0.25) is 0 Å². The zero-order chi connectivity index (χ0) is 32.2. The molecule has 1 fully saturated rings. The summed E-state index contributed by atoms with van der Waals surface area (Å²) < 4.78 is 90.4. The fourth-order valence-electron chi connectivity index (χ4n) is 5.17. The zero-order valence-electron chi connectivity index (χ0n) is 24.7. The van der Waals surface area contributed by atoms with Crippen LogP contribution in [-0.4, -0.2) is 82.5 Å². The summed E-state index contributed by atoms with van der Waals surface area (Å²) in [6.45, 7) is -1.75. The van der Waals surface area contributed by atoms with Crippen LogP contribution in [0.1, 0.15) is 25.0 Å². The maximum atomic E-state index is 15.0. The summed E-state index contributed by atoms with van der Waals surface area (Å²) >= 11 is 0. The number of benzene rings is 2. The van der Waals surface area contributed by atoms with Crippen LogP contribution in [0.5, 0.6) is 5.75 Å². The summed E-state index contributed by atoms with van der Waals surface area (Å²) in [5.74, 6) is 5.31. The Morgan fingerprint density at radius 1 is 1.14 bits per heavy atom. The molecule has 3 atom stereocenters. The van der Waals surface area contributed by atoms with Gasteiger partial charge in [0.1, 0.15) is 18.5 Å². The van der Waals surface area contributed by atoms with Gasteiger partial charge in [-0.05, 0) is 69.6 Å². The second kappa shape index (κ2) is 13.4. The van der Waals surface area contributed by atoms with Gasteiger partial charge in [0.25, 0.3) is 0 Å². The number of fused-ring (bicyclic) bond motifs is 1. The van der Waals surface area contributed by atoms with Gasteiger partial charge in [0.15, 0.2) is 16.4 Å². The van der Waals surface area contributed by atoms with Crippen LogP contribution in [0.25, 0.3) is 10.9 Å². The normalized spacial score (nSPS) is 18.9. The van der Waals surface area contributed by atoms with Crippen molar-refractivity contribution in [2.24, 2.45) is 0 Å². The molecule has 0 radical (unpaired) electrons. The number of nitrogens with one attached hydrogen (secondary N) is 2. The van der Waals surface area contributed by atoms with Gasteiger partial charge in [0, 0.05) is 29.4 Å². The van der Waals surface area contributed by atoms with E-state index in [0.29, 0.717) is 23.9 Å². The second-order valence-corrected chi connectivity index (χ2v) is 12.8. The molecule has 1 heterocycles. The van der Waals surface area contributed by atoms with Crippen molar-refractivity contribution < 1.29 is 40.2 Å². The molecule has 1 amide bonds. The van der Waals surface area contributed by atoms with Crippen LogP contribution < -0.4 is 15.4 Å². The van der Waals surface area contributed by atoms with Crippen molar-refractivity contribution in [1.29, 1.82) is 0 Å². The molecule has 14 heteroatoms. The molecule has 2 aromatic carbocycles. The number of methoxy groups -OCH3 is 1. The first-order valence-electron chi connectivity index (χ1n) is 13.7. The average Bonchev–Trinajstić information content (AvgIpc) is 3.28. The number of sulfone groups is 1. The molecule has 4 rings (SSSR count). The third-order valence-electron chi connectivity index (χ3n) is 7.43. The molecule has 0 saturated heterocycles. The molecular formula is C30H34F4N4O5S. The van der Waals surface area contributed by atoms with Gasteiger partial charge in [0.05, 0.1) is 34.9 Å². The Bertz CT molecular complexity index is 1680. The molecule has 3 aromatic rings. The number of amides is 1. The Balaban J connectivity index is 1.51. The minimum Gasteiger partial charge on any atom is -0.495 e. The van der Waals surface area contributed by atoms with Crippen LogP contribution in [0.15, 0.2) is 47.4 Å². The monoisotopic (exact) mass is 638 g/mol. The van der Waals surface area contributed by atoms with E-state index in [9.17, 15) is 26.4 Å². The SMILES string of the molecule is COc1cc(S(C)(=O)=O)ccc1NC(=O)OCC#Cc1cc2c(NC3CCC(N(C)C)CC3F)cccc2n1CC(F)(F)F. The number of halogens is 4. The first-order chi connectivity index (χ1) is 20.7. The lowest BCUT2D eigenvalue weighted by Crippen LogP contribution is -2.43. The number of ether oxygens (including phenoxy) is 2. The van der Waals surface area contributed by atoms with Crippen molar-refractivity contribution in [3.05, 3.63) is 48.2 Å². The van der Waals surface area contributed by atoms with Gasteiger partial charge >= 0.3 is 12.3 Å².